The quantitative estimate of drug-likeness (QED) is 0.706. The smallest absolute Gasteiger partial charge is 0.0432 e. The molecule has 0 unspecified atom stereocenters. The standard InChI is InChI=1S/C14H21N/c1-5-11(4)14-9-8-13(10-15-14)12(6-2)7-3/h6,8-11H,5,7H2,1-4H3/t11-/m1/s1. The summed E-state index contributed by atoms with van der Waals surface area (Å²) < 4.78 is 0. The molecule has 0 aliphatic carbocycles. The summed E-state index contributed by atoms with van der Waals surface area (Å²) >= 11 is 0. The Balaban J connectivity index is 2.89. The maximum Gasteiger partial charge on any atom is 0.0432 e. The minimum Gasteiger partial charge on any atom is -0.260 e. The van der Waals surface area contributed by atoms with E-state index in [2.05, 4.69) is 50.9 Å². The van der Waals surface area contributed by atoms with Crippen molar-refractivity contribution in [2.75, 3.05) is 0 Å². The molecule has 0 aromatic carbocycles. The molecule has 0 bridgehead atoms. The summed E-state index contributed by atoms with van der Waals surface area (Å²) in [6.45, 7) is 8.68. The van der Waals surface area contributed by atoms with Gasteiger partial charge in [0.05, 0.1) is 0 Å². The second kappa shape index (κ2) is 5.69. The maximum absolute atomic E-state index is 4.53. The highest BCUT2D eigenvalue weighted by Gasteiger charge is 2.04. The molecule has 0 fully saturated rings. The molecule has 0 N–H and O–H groups in total. The molecule has 0 aliphatic heterocycles. The van der Waals surface area contributed by atoms with Crippen LogP contribution in [0.4, 0.5) is 0 Å². The molecule has 1 heteroatoms. The molecule has 1 heterocycles. The Morgan fingerprint density at radius 3 is 2.53 bits per heavy atom. The van der Waals surface area contributed by atoms with Gasteiger partial charge in [0.1, 0.15) is 0 Å². The Morgan fingerprint density at radius 1 is 1.40 bits per heavy atom. The Hall–Kier alpha value is -1.11. The van der Waals surface area contributed by atoms with Gasteiger partial charge in [-0.25, -0.2) is 0 Å². The number of nitrogens with zero attached hydrogens (tertiary/aromatic N) is 1. The molecule has 0 radical (unpaired) electrons. The molecule has 0 aliphatic rings. The number of hydrogen-bond donors (Lipinski definition) is 0. The Labute approximate surface area is 93.2 Å². The molecule has 1 rings (SSSR count). The topological polar surface area (TPSA) is 12.9 Å². The van der Waals surface area contributed by atoms with Gasteiger partial charge in [0, 0.05) is 11.9 Å². The van der Waals surface area contributed by atoms with Crippen molar-refractivity contribution in [2.24, 2.45) is 0 Å². The molecule has 1 atom stereocenters. The first kappa shape index (κ1) is 12.0. The first-order chi connectivity index (χ1) is 7.22. The normalized spacial score (nSPS) is 14.0. The van der Waals surface area contributed by atoms with Crippen LogP contribution in [-0.2, 0) is 0 Å². The fourth-order valence-electron chi connectivity index (χ4n) is 1.67. The summed E-state index contributed by atoms with van der Waals surface area (Å²) in [5, 5.41) is 0. The monoisotopic (exact) mass is 203 g/mol. The van der Waals surface area contributed by atoms with Crippen LogP contribution in [0.2, 0.25) is 0 Å². The Bertz CT molecular complexity index is 322. The molecule has 0 saturated carbocycles. The number of aromatic nitrogens is 1. The molecule has 82 valence electrons. The van der Waals surface area contributed by atoms with Crippen LogP contribution in [0.1, 0.15) is 57.7 Å². The molecular formula is C14H21N. The van der Waals surface area contributed by atoms with Crippen molar-refractivity contribution in [1.82, 2.24) is 4.98 Å². The summed E-state index contributed by atoms with van der Waals surface area (Å²) in [6.07, 6.45) is 6.39. The predicted molar refractivity (Wildman–Crippen MR) is 66.9 cm³/mol. The number of hydrogen-bond acceptors (Lipinski definition) is 1. The highest BCUT2D eigenvalue weighted by atomic mass is 14.7. The summed E-state index contributed by atoms with van der Waals surface area (Å²) in [4.78, 5) is 4.53. The SMILES string of the molecule is CC=C(CC)c1ccc([C@H](C)CC)nc1. The van der Waals surface area contributed by atoms with Crippen molar-refractivity contribution in [3.05, 3.63) is 35.7 Å². The van der Waals surface area contributed by atoms with E-state index < -0.39 is 0 Å². The minimum atomic E-state index is 0.565. The van der Waals surface area contributed by atoms with Crippen LogP contribution >= 0.6 is 0 Å². The van der Waals surface area contributed by atoms with Crippen molar-refractivity contribution in [3.63, 3.8) is 0 Å². The number of pyridine rings is 1. The van der Waals surface area contributed by atoms with Gasteiger partial charge in [-0.2, -0.15) is 0 Å². The first-order valence-electron chi connectivity index (χ1n) is 5.84. The van der Waals surface area contributed by atoms with Crippen LogP contribution in [0.5, 0.6) is 0 Å². The molecule has 1 aromatic rings. The zero-order valence-corrected chi connectivity index (χ0v) is 10.2. The van der Waals surface area contributed by atoms with Gasteiger partial charge in [0.2, 0.25) is 0 Å². The molecule has 0 spiro atoms. The third-order valence-electron chi connectivity index (χ3n) is 3.00. The molecule has 1 nitrogen and oxygen atoms in total. The highest BCUT2D eigenvalue weighted by Crippen LogP contribution is 2.20. The Kier molecular flexibility index (Phi) is 4.54. The van der Waals surface area contributed by atoms with Crippen LogP contribution in [-0.4, -0.2) is 4.98 Å². The van der Waals surface area contributed by atoms with Gasteiger partial charge in [-0.3, -0.25) is 4.98 Å². The van der Waals surface area contributed by atoms with Gasteiger partial charge < -0.3 is 0 Å². The van der Waals surface area contributed by atoms with Gasteiger partial charge >= 0.3 is 0 Å². The van der Waals surface area contributed by atoms with Gasteiger partial charge in [-0.1, -0.05) is 32.9 Å². The van der Waals surface area contributed by atoms with Gasteiger partial charge in [0.15, 0.2) is 0 Å². The van der Waals surface area contributed by atoms with E-state index in [1.54, 1.807) is 0 Å². The fourth-order valence-corrected chi connectivity index (χ4v) is 1.67. The number of rotatable bonds is 4. The Morgan fingerprint density at radius 2 is 2.13 bits per heavy atom. The van der Waals surface area contributed by atoms with Gasteiger partial charge in [-0.05, 0) is 42.9 Å². The third-order valence-corrected chi connectivity index (χ3v) is 3.00. The second-order valence-corrected chi connectivity index (χ2v) is 3.95. The van der Waals surface area contributed by atoms with Crippen molar-refractivity contribution in [2.45, 2.75) is 46.5 Å². The lowest BCUT2D eigenvalue weighted by Crippen LogP contribution is -1.96. The maximum atomic E-state index is 4.53. The molecule has 0 amide bonds. The van der Waals surface area contributed by atoms with E-state index >= 15 is 0 Å². The average Bonchev–Trinajstić information content (AvgIpc) is 2.30. The van der Waals surface area contributed by atoms with Gasteiger partial charge in [-0.15, -0.1) is 0 Å². The van der Waals surface area contributed by atoms with Crippen LogP contribution in [0.15, 0.2) is 24.4 Å². The summed E-state index contributed by atoms with van der Waals surface area (Å²) in [6, 6.07) is 4.34. The third kappa shape index (κ3) is 2.92. The summed E-state index contributed by atoms with van der Waals surface area (Å²) in [7, 11) is 0. The highest BCUT2D eigenvalue weighted by molar-refractivity contribution is 5.64. The van der Waals surface area contributed by atoms with Crippen molar-refractivity contribution in [3.8, 4) is 0 Å². The van der Waals surface area contributed by atoms with Crippen LogP contribution < -0.4 is 0 Å². The zero-order valence-electron chi connectivity index (χ0n) is 10.2. The van der Waals surface area contributed by atoms with E-state index in [1.807, 2.05) is 6.20 Å². The van der Waals surface area contributed by atoms with Crippen LogP contribution in [0.25, 0.3) is 5.57 Å². The molecule has 0 saturated heterocycles. The van der Waals surface area contributed by atoms with Crippen molar-refractivity contribution >= 4 is 5.57 Å². The van der Waals surface area contributed by atoms with Crippen molar-refractivity contribution in [1.29, 1.82) is 0 Å². The molecule has 1 aromatic heterocycles. The minimum absolute atomic E-state index is 0.565. The second-order valence-electron chi connectivity index (χ2n) is 3.95. The van der Waals surface area contributed by atoms with Crippen LogP contribution in [0.3, 0.4) is 0 Å². The van der Waals surface area contributed by atoms with E-state index in [-0.39, 0.29) is 0 Å². The van der Waals surface area contributed by atoms with E-state index in [0.29, 0.717) is 5.92 Å². The summed E-state index contributed by atoms with van der Waals surface area (Å²) in [5.41, 5.74) is 3.83. The van der Waals surface area contributed by atoms with Crippen molar-refractivity contribution < 1.29 is 0 Å². The van der Waals surface area contributed by atoms with E-state index in [0.717, 1.165) is 12.8 Å². The molecule has 15 heavy (non-hydrogen) atoms. The number of allylic oxidation sites excluding steroid dienone is 2. The van der Waals surface area contributed by atoms with Gasteiger partial charge in [0.25, 0.3) is 0 Å². The van der Waals surface area contributed by atoms with E-state index in [4.69, 9.17) is 0 Å². The lowest BCUT2D eigenvalue weighted by atomic mass is 10.0. The molecular weight excluding hydrogens is 182 g/mol. The first-order valence-corrected chi connectivity index (χ1v) is 5.84. The fraction of sp³-hybridized carbons (Fsp3) is 0.500. The average molecular weight is 203 g/mol. The van der Waals surface area contributed by atoms with Crippen LogP contribution in [0, 0.1) is 0 Å². The predicted octanol–water partition coefficient (Wildman–Crippen LogP) is 4.41. The van der Waals surface area contributed by atoms with E-state index in [9.17, 15) is 0 Å². The van der Waals surface area contributed by atoms with E-state index in [1.165, 1.54) is 16.8 Å². The largest absolute Gasteiger partial charge is 0.260 e. The lowest BCUT2D eigenvalue weighted by Gasteiger charge is -2.09. The lowest BCUT2D eigenvalue weighted by molar-refractivity contribution is 0.708. The summed E-state index contributed by atoms with van der Waals surface area (Å²) in [5.74, 6) is 0.565. The zero-order chi connectivity index (χ0) is 11.3.